The highest BCUT2D eigenvalue weighted by Gasteiger charge is 2.31. The van der Waals surface area contributed by atoms with Crippen molar-refractivity contribution in [3.05, 3.63) is 23.8 Å². The number of anilines is 1. The van der Waals surface area contributed by atoms with Crippen LogP contribution in [0.2, 0.25) is 0 Å². The first-order chi connectivity index (χ1) is 8.52. The molecule has 0 heterocycles. The van der Waals surface area contributed by atoms with Crippen LogP contribution in [0.25, 0.3) is 0 Å². The summed E-state index contributed by atoms with van der Waals surface area (Å²) in [5, 5.41) is 22.4. The molecule has 5 N–H and O–H groups in total. The molecule has 0 atom stereocenters. The topological polar surface area (TPSA) is 95.6 Å². The molecule has 1 aliphatic carbocycles. The van der Waals surface area contributed by atoms with E-state index in [0.29, 0.717) is 12.8 Å². The van der Waals surface area contributed by atoms with Crippen LogP contribution in [0.15, 0.2) is 18.2 Å². The van der Waals surface area contributed by atoms with Gasteiger partial charge in [0, 0.05) is 6.54 Å². The molecule has 5 nitrogen and oxygen atoms in total. The van der Waals surface area contributed by atoms with Crippen molar-refractivity contribution in [2.24, 2.45) is 0 Å². The van der Waals surface area contributed by atoms with E-state index >= 15 is 0 Å². The van der Waals surface area contributed by atoms with Crippen molar-refractivity contribution in [2.75, 3.05) is 12.3 Å². The fourth-order valence-corrected chi connectivity index (χ4v) is 2.29. The first kappa shape index (κ1) is 12.7. The minimum atomic E-state index is -0.800. The van der Waals surface area contributed by atoms with Gasteiger partial charge in [0.25, 0.3) is 5.91 Å². The Labute approximate surface area is 106 Å². The average molecular weight is 250 g/mol. The monoisotopic (exact) mass is 250 g/mol. The van der Waals surface area contributed by atoms with Crippen molar-refractivity contribution in [1.82, 2.24) is 5.32 Å². The zero-order chi connectivity index (χ0) is 13.2. The third-order valence-corrected chi connectivity index (χ3v) is 3.42. The molecule has 0 saturated heterocycles. The van der Waals surface area contributed by atoms with E-state index in [1.165, 1.54) is 12.1 Å². The van der Waals surface area contributed by atoms with Crippen LogP contribution in [0.3, 0.4) is 0 Å². The van der Waals surface area contributed by atoms with E-state index in [-0.39, 0.29) is 23.5 Å². The van der Waals surface area contributed by atoms with E-state index in [9.17, 15) is 15.0 Å². The lowest BCUT2D eigenvalue weighted by atomic mass is 10.0. The van der Waals surface area contributed by atoms with Crippen LogP contribution in [0.4, 0.5) is 5.69 Å². The number of nitrogen functional groups attached to an aromatic ring is 1. The van der Waals surface area contributed by atoms with Crippen molar-refractivity contribution in [3.8, 4) is 5.75 Å². The molecule has 1 aromatic carbocycles. The summed E-state index contributed by atoms with van der Waals surface area (Å²) in [6, 6.07) is 4.63. The Balaban J connectivity index is 2.01. The highest BCUT2D eigenvalue weighted by molar-refractivity contribution is 5.98. The van der Waals surface area contributed by atoms with E-state index in [1.54, 1.807) is 6.07 Å². The minimum absolute atomic E-state index is 0.136. The second-order valence-corrected chi connectivity index (χ2v) is 4.86. The smallest absolute Gasteiger partial charge is 0.255 e. The SMILES string of the molecule is Nc1cccc(C(=O)NCC2(O)CCCC2)c1O. The summed E-state index contributed by atoms with van der Waals surface area (Å²) in [5.41, 5.74) is 5.03. The predicted octanol–water partition coefficient (Wildman–Crippen LogP) is 1.01. The van der Waals surface area contributed by atoms with Gasteiger partial charge in [0.05, 0.1) is 16.9 Å². The third kappa shape index (κ3) is 2.56. The Hall–Kier alpha value is -1.75. The lowest BCUT2D eigenvalue weighted by Gasteiger charge is -2.22. The molecule has 0 unspecified atom stereocenters. The van der Waals surface area contributed by atoms with Gasteiger partial charge in [-0.05, 0) is 25.0 Å². The molecule has 1 amide bonds. The maximum atomic E-state index is 11.9. The van der Waals surface area contributed by atoms with Crippen LogP contribution < -0.4 is 11.1 Å². The van der Waals surface area contributed by atoms with E-state index in [1.807, 2.05) is 0 Å². The second-order valence-electron chi connectivity index (χ2n) is 4.86. The lowest BCUT2D eigenvalue weighted by molar-refractivity contribution is 0.0449. The molecule has 1 aromatic rings. The summed E-state index contributed by atoms with van der Waals surface area (Å²) in [7, 11) is 0. The van der Waals surface area contributed by atoms with Crippen molar-refractivity contribution < 1.29 is 15.0 Å². The van der Waals surface area contributed by atoms with Gasteiger partial charge >= 0.3 is 0 Å². The first-order valence-electron chi connectivity index (χ1n) is 6.10. The molecule has 0 aromatic heterocycles. The summed E-state index contributed by atoms with van der Waals surface area (Å²) in [5.74, 6) is -0.631. The first-order valence-corrected chi connectivity index (χ1v) is 6.10. The molecule has 2 rings (SSSR count). The molecule has 1 aliphatic rings. The van der Waals surface area contributed by atoms with Gasteiger partial charge in [0.1, 0.15) is 0 Å². The van der Waals surface area contributed by atoms with Crippen molar-refractivity contribution in [3.63, 3.8) is 0 Å². The Morgan fingerprint density at radius 2 is 2.06 bits per heavy atom. The number of rotatable bonds is 3. The Bertz CT molecular complexity index is 454. The van der Waals surface area contributed by atoms with Gasteiger partial charge in [0.15, 0.2) is 5.75 Å². The zero-order valence-corrected chi connectivity index (χ0v) is 10.1. The summed E-state index contributed by atoms with van der Waals surface area (Å²) >= 11 is 0. The number of nitrogens with two attached hydrogens (primary N) is 1. The Morgan fingerprint density at radius 3 is 2.72 bits per heavy atom. The number of para-hydroxylation sites is 1. The lowest BCUT2D eigenvalue weighted by Crippen LogP contribution is -2.40. The number of aliphatic hydroxyl groups is 1. The Morgan fingerprint density at radius 1 is 1.39 bits per heavy atom. The fourth-order valence-electron chi connectivity index (χ4n) is 2.29. The van der Waals surface area contributed by atoms with Gasteiger partial charge in [-0.25, -0.2) is 0 Å². The van der Waals surface area contributed by atoms with Gasteiger partial charge < -0.3 is 21.3 Å². The van der Waals surface area contributed by atoms with Crippen molar-refractivity contribution in [2.45, 2.75) is 31.3 Å². The largest absolute Gasteiger partial charge is 0.505 e. The summed E-state index contributed by atoms with van der Waals surface area (Å²) in [4.78, 5) is 11.9. The fraction of sp³-hybridized carbons (Fsp3) is 0.462. The summed E-state index contributed by atoms with van der Waals surface area (Å²) in [6.07, 6.45) is 3.37. The summed E-state index contributed by atoms with van der Waals surface area (Å²) < 4.78 is 0. The molecule has 1 saturated carbocycles. The molecular formula is C13H18N2O3. The van der Waals surface area contributed by atoms with E-state index < -0.39 is 11.5 Å². The molecule has 0 aliphatic heterocycles. The normalized spacial score (nSPS) is 17.6. The summed E-state index contributed by atoms with van der Waals surface area (Å²) in [6.45, 7) is 0.208. The molecule has 0 radical (unpaired) electrons. The zero-order valence-electron chi connectivity index (χ0n) is 10.1. The average Bonchev–Trinajstić information content (AvgIpc) is 2.77. The van der Waals surface area contributed by atoms with Gasteiger partial charge in [-0.2, -0.15) is 0 Å². The molecule has 0 bridgehead atoms. The highest BCUT2D eigenvalue weighted by Crippen LogP contribution is 2.29. The molecule has 0 spiro atoms. The maximum Gasteiger partial charge on any atom is 0.255 e. The quantitative estimate of drug-likeness (QED) is 0.475. The number of amides is 1. The third-order valence-electron chi connectivity index (χ3n) is 3.42. The number of aromatic hydroxyl groups is 1. The molecule has 98 valence electrons. The van der Waals surface area contributed by atoms with Crippen LogP contribution in [0, 0.1) is 0 Å². The number of carbonyl (C=O) groups is 1. The van der Waals surface area contributed by atoms with E-state index in [0.717, 1.165) is 12.8 Å². The van der Waals surface area contributed by atoms with E-state index in [4.69, 9.17) is 5.73 Å². The molecule has 5 heteroatoms. The molecule has 18 heavy (non-hydrogen) atoms. The minimum Gasteiger partial charge on any atom is -0.505 e. The van der Waals surface area contributed by atoms with Gasteiger partial charge in [-0.1, -0.05) is 18.9 Å². The van der Waals surface area contributed by atoms with Crippen LogP contribution in [-0.4, -0.2) is 28.3 Å². The predicted molar refractivity (Wildman–Crippen MR) is 68.3 cm³/mol. The number of hydrogen-bond acceptors (Lipinski definition) is 4. The van der Waals surface area contributed by atoms with Crippen LogP contribution in [0.1, 0.15) is 36.0 Å². The number of nitrogens with one attached hydrogen (secondary N) is 1. The molecular weight excluding hydrogens is 232 g/mol. The van der Waals surface area contributed by atoms with Crippen LogP contribution in [-0.2, 0) is 0 Å². The highest BCUT2D eigenvalue weighted by atomic mass is 16.3. The number of benzene rings is 1. The van der Waals surface area contributed by atoms with Crippen LogP contribution in [0.5, 0.6) is 5.75 Å². The second kappa shape index (κ2) is 4.86. The molecule has 1 fully saturated rings. The number of phenols is 1. The van der Waals surface area contributed by atoms with E-state index in [2.05, 4.69) is 5.32 Å². The van der Waals surface area contributed by atoms with Gasteiger partial charge in [-0.3, -0.25) is 4.79 Å². The van der Waals surface area contributed by atoms with Gasteiger partial charge in [0.2, 0.25) is 0 Å². The standard InChI is InChI=1S/C13H18N2O3/c14-10-5-3-4-9(11(10)16)12(17)15-8-13(18)6-1-2-7-13/h3-5,16,18H,1-2,6-8,14H2,(H,15,17). The van der Waals surface area contributed by atoms with Crippen molar-refractivity contribution in [1.29, 1.82) is 0 Å². The number of hydrogen-bond donors (Lipinski definition) is 4. The number of phenolic OH excluding ortho intramolecular Hbond substituents is 1. The Kier molecular flexibility index (Phi) is 3.43. The maximum absolute atomic E-state index is 11.9. The number of carbonyl (C=O) groups excluding carboxylic acids is 1. The van der Waals surface area contributed by atoms with Crippen LogP contribution >= 0.6 is 0 Å². The van der Waals surface area contributed by atoms with Gasteiger partial charge in [-0.15, -0.1) is 0 Å². The van der Waals surface area contributed by atoms with Crippen molar-refractivity contribution >= 4 is 11.6 Å².